The molecule has 55 heavy (non-hydrogen) atoms. The first-order valence-corrected chi connectivity index (χ1v) is 17.6. The lowest BCUT2D eigenvalue weighted by Crippen LogP contribution is -2.04. The lowest BCUT2D eigenvalue weighted by Gasteiger charge is -2.17. The molecule has 0 unspecified atom stereocenters. The van der Waals surface area contributed by atoms with Crippen molar-refractivity contribution in [3.8, 4) is 46.3 Å². The van der Waals surface area contributed by atoms with Gasteiger partial charge in [0.15, 0.2) is 0 Å². The van der Waals surface area contributed by atoms with Crippen LogP contribution in [0.5, 0.6) is 23.0 Å². The van der Waals surface area contributed by atoms with E-state index >= 15 is 0 Å². The van der Waals surface area contributed by atoms with Crippen molar-refractivity contribution in [1.29, 1.82) is 10.5 Å². The number of aromatic nitrogens is 2. The summed E-state index contributed by atoms with van der Waals surface area (Å²) in [5.41, 5.74) is 10.6. The lowest BCUT2D eigenvalue weighted by molar-refractivity contribution is 0.254. The van der Waals surface area contributed by atoms with Crippen LogP contribution in [0, 0.1) is 43.4 Å². The highest BCUT2D eigenvalue weighted by Crippen LogP contribution is 2.33. The second-order valence-corrected chi connectivity index (χ2v) is 13.1. The molecule has 276 valence electrons. The molecule has 4 aromatic carbocycles. The zero-order valence-corrected chi connectivity index (χ0v) is 30.9. The number of hydrogen-bond donors (Lipinski definition) is 2. The lowest BCUT2D eigenvalue weighted by atomic mass is 9.95. The van der Waals surface area contributed by atoms with Crippen LogP contribution in [0.4, 0.5) is 0 Å². The maximum Gasteiger partial charge on any atom is 0.129 e. The minimum atomic E-state index is -0.193. The smallest absolute Gasteiger partial charge is 0.129 e. The van der Waals surface area contributed by atoms with E-state index in [-0.39, 0.29) is 26.4 Å². The topological polar surface area (TPSA) is 151 Å². The third-order valence-corrected chi connectivity index (χ3v) is 9.15. The molecule has 0 fully saturated rings. The Morgan fingerprint density at radius 1 is 0.527 bits per heavy atom. The standard InChI is InChI=1S/C45H40N4O6/c1-29-10-39(23-50)44(53-26-35-12-33(17-46)19-48-21-35)15-42(29)52-25-32-6-4-7-37(14-32)41-9-5-8-38(31(41)3)28-55-43-16-45(40(24-51)11-30(43)2)54-27-36-13-34(18-47)20-49-22-36/h4-16,19-22,50-51H,23-28H2,1-3H3. The number of hydrogen-bond acceptors (Lipinski definition) is 10. The highest BCUT2D eigenvalue weighted by atomic mass is 16.5. The van der Waals surface area contributed by atoms with E-state index in [0.29, 0.717) is 58.5 Å². The number of pyridine rings is 2. The van der Waals surface area contributed by atoms with Gasteiger partial charge in [0.25, 0.3) is 0 Å². The average molecular weight is 733 g/mol. The third-order valence-electron chi connectivity index (χ3n) is 9.15. The van der Waals surface area contributed by atoms with Crippen LogP contribution >= 0.6 is 0 Å². The van der Waals surface area contributed by atoms with Crippen molar-refractivity contribution in [3.63, 3.8) is 0 Å². The van der Waals surface area contributed by atoms with Gasteiger partial charge in [-0.1, -0.05) is 36.4 Å². The first kappa shape index (κ1) is 38.0. The van der Waals surface area contributed by atoms with Crippen molar-refractivity contribution in [2.75, 3.05) is 0 Å². The molecule has 0 spiro atoms. The fraction of sp³-hybridized carbons (Fsp3) is 0.200. The molecule has 2 N–H and O–H groups in total. The number of aryl methyl sites for hydroxylation is 2. The zero-order chi connectivity index (χ0) is 38.7. The summed E-state index contributed by atoms with van der Waals surface area (Å²) < 4.78 is 24.7. The largest absolute Gasteiger partial charge is 0.488 e. The Morgan fingerprint density at radius 2 is 1.04 bits per heavy atom. The Bertz CT molecular complexity index is 2400. The number of benzene rings is 4. The van der Waals surface area contributed by atoms with Gasteiger partial charge in [-0.25, -0.2) is 0 Å². The molecule has 10 nitrogen and oxygen atoms in total. The molecule has 10 heteroatoms. The van der Waals surface area contributed by atoms with Crippen LogP contribution in [0.2, 0.25) is 0 Å². The maximum absolute atomic E-state index is 10.0. The van der Waals surface area contributed by atoms with Gasteiger partial charge >= 0.3 is 0 Å². The molecule has 0 aliphatic carbocycles. The van der Waals surface area contributed by atoms with Crippen LogP contribution in [0.3, 0.4) is 0 Å². The van der Waals surface area contributed by atoms with E-state index in [4.69, 9.17) is 18.9 Å². The Hall–Kier alpha value is -6.72. The molecule has 0 aliphatic rings. The molecular weight excluding hydrogens is 693 g/mol. The molecule has 2 aromatic heterocycles. The number of ether oxygens (including phenoxy) is 4. The number of nitriles is 2. The van der Waals surface area contributed by atoms with Crippen LogP contribution in [0.25, 0.3) is 11.1 Å². The Morgan fingerprint density at radius 3 is 1.58 bits per heavy atom. The minimum absolute atomic E-state index is 0.187. The molecule has 0 atom stereocenters. The first-order chi connectivity index (χ1) is 26.8. The summed E-state index contributed by atoms with van der Waals surface area (Å²) in [6.45, 7) is 6.57. The van der Waals surface area contributed by atoms with Gasteiger partial charge in [0.05, 0.1) is 24.3 Å². The molecule has 0 saturated carbocycles. The molecule has 0 radical (unpaired) electrons. The summed E-state index contributed by atoms with van der Waals surface area (Å²) >= 11 is 0. The third kappa shape index (κ3) is 9.45. The van der Waals surface area contributed by atoms with E-state index in [1.807, 2.05) is 50.2 Å². The van der Waals surface area contributed by atoms with Gasteiger partial charge < -0.3 is 29.2 Å². The number of rotatable bonds is 15. The fourth-order valence-electron chi connectivity index (χ4n) is 6.16. The van der Waals surface area contributed by atoms with Crippen LogP contribution in [0.15, 0.2) is 104 Å². The Balaban J connectivity index is 1.14. The van der Waals surface area contributed by atoms with Gasteiger partial charge in [-0.2, -0.15) is 10.5 Å². The highest BCUT2D eigenvalue weighted by Gasteiger charge is 2.14. The van der Waals surface area contributed by atoms with Crippen LogP contribution < -0.4 is 18.9 Å². The van der Waals surface area contributed by atoms with Crippen molar-refractivity contribution in [3.05, 3.63) is 165 Å². The summed E-state index contributed by atoms with van der Waals surface area (Å²) in [4.78, 5) is 8.19. The van der Waals surface area contributed by atoms with Gasteiger partial charge in [-0.3, -0.25) is 9.97 Å². The molecule has 0 aliphatic heterocycles. The molecule has 0 bridgehead atoms. The van der Waals surface area contributed by atoms with Gasteiger partial charge in [0, 0.05) is 59.2 Å². The molecule has 0 saturated heterocycles. The Kier molecular flexibility index (Phi) is 12.4. The Labute approximate surface area is 320 Å². The normalized spacial score (nSPS) is 10.7. The predicted molar refractivity (Wildman–Crippen MR) is 206 cm³/mol. The van der Waals surface area contributed by atoms with Gasteiger partial charge in [0.2, 0.25) is 0 Å². The summed E-state index contributed by atoms with van der Waals surface area (Å²) in [6, 6.07) is 29.3. The fourth-order valence-corrected chi connectivity index (χ4v) is 6.16. The van der Waals surface area contributed by atoms with Gasteiger partial charge in [-0.15, -0.1) is 0 Å². The second-order valence-electron chi connectivity index (χ2n) is 13.1. The predicted octanol–water partition coefficient (Wildman–Crippen LogP) is 8.11. The quantitative estimate of drug-likeness (QED) is 0.106. The monoisotopic (exact) mass is 732 g/mol. The van der Waals surface area contributed by atoms with E-state index < -0.39 is 0 Å². The average Bonchev–Trinajstić information content (AvgIpc) is 3.22. The van der Waals surface area contributed by atoms with E-state index in [1.165, 1.54) is 12.4 Å². The van der Waals surface area contributed by atoms with Crippen molar-refractivity contribution >= 4 is 0 Å². The summed E-state index contributed by atoms with van der Waals surface area (Å²) in [6.07, 6.45) is 6.29. The maximum atomic E-state index is 10.0. The summed E-state index contributed by atoms with van der Waals surface area (Å²) in [7, 11) is 0. The summed E-state index contributed by atoms with van der Waals surface area (Å²) in [5, 5.41) is 38.4. The van der Waals surface area contributed by atoms with E-state index in [0.717, 1.165) is 50.1 Å². The summed E-state index contributed by atoms with van der Waals surface area (Å²) in [5.74, 6) is 2.27. The van der Waals surface area contributed by atoms with Crippen molar-refractivity contribution < 1.29 is 29.2 Å². The van der Waals surface area contributed by atoms with Crippen LogP contribution in [-0.4, -0.2) is 20.2 Å². The zero-order valence-electron chi connectivity index (χ0n) is 30.9. The SMILES string of the molecule is Cc1cc(CO)c(OCc2cncc(C#N)c2)cc1OCc1cccc(-c2cccc(COc3cc(OCc4cncc(C#N)c4)c(CO)cc3C)c2C)c1. The number of aliphatic hydroxyl groups is 2. The van der Waals surface area contributed by atoms with E-state index in [2.05, 4.69) is 47.2 Å². The van der Waals surface area contributed by atoms with E-state index in [1.54, 1.807) is 36.7 Å². The van der Waals surface area contributed by atoms with E-state index in [9.17, 15) is 20.7 Å². The van der Waals surface area contributed by atoms with Crippen LogP contribution in [0.1, 0.15) is 61.2 Å². The van der Waals surface area contributed by atoms with Crippen molar-refractivity contribution in [2.24, 2.45) is 0 Å². The van der Waals surface area contributed by atoms with Gasteiger partial charge in [0.1, 0.15) is 61.6 Å². The molecule has 6 aromatic rings. The van der Waals surface area contributed by atoms with Crippen molar-refractivity contribution in [2.45, 2.75) is 60.4 Å². The number of aliphatic hydroxyl groups excluding tert-OH is 2. The first-order valence-electron chi connectivity index (χ1n) is 17.6. The van der Waals surface area contributed by atoms with Crippen molar-refractivity contribution in [1.82, 2.24) is 9.97 Å². The minimum Gasteiger partial charge on any atom is -0.488 e. The highest BCUT2D eigenvalue weighted by molar-refractivity contribution is 5.69. The second kappa shape index (κ2) is 17.9. The molecule has 6 rings (SSSR count). The molecule has 2 heterocycles. The number of nitrogens with zero attached hydrogens (tertiary/aromatic N) is 4. The van der Waals surface area contributed by atoms with Crippen LogP contribution in [-0.2, 0) is 39.6 Å². The molecular formula is C45H40N4O6. The van der Waals surface area contributed by atoms with Gasteiger partial charge in [-0.05, 0) is 90.0 Å². The molecule has 0 amide bonds.